The molecule has 3 nitrogen and oxygen atoms in total. The van der Waals surface area contributed by atoms with Gasteiger partial charge in [-0.25, -0.2) is 4.98 Å². The van der Waals surface area contributed by atoms with Crippen molar-refractivity contribution < 1.29 is 9.84 Å². The lowest BCUT2D eigenvalue weighted by Gasteiger charge is -2.39. The number of hydrogen-bond acceptors (Lipinski definition) is 4. The molecule has 1 aromatic rings. The number of hydrogen-bond donors (Lipinski definition) is 1. The van der Waals surface area contributed by atoms with E-state index in [-0.39, 0.29) is 11.0 Å². The van der Waals surface area contributed by atoms with Crippen molar-refractivity contribution >= 4 is 11.3 Å². The van der Waals surface area contributed by atoms with Crippen molar-refractivity contribution in [2.24, 2.45) is 5.92 Å². The summed E-state index contributed by atoms with van der Waals surface area (Å²) >= 11 is 1.67. The van der Waals surface area contributed by atoms with Gasteiger partial charge < -0.3 is 9.84 Å². The molecule has 118 valence electrons. The van der Waals surface area contributed by atoms with Gasteiger partial charge in [0.1, 0.15) is 0 Å². The number of aliphatic hydroxyl groups excluding tert-OH is 1. The van der Waals surface area contributed by atoms with Crippen molar-refractivity contribution in [2.45, 2.75) is 76.4 Å². The highest BCUT2D eigenvalue weighted by molar-refractivity contribution is 7.09. The third-order valence-corrected chi connectivity index (χ3v) is 6.25. The molecule has 1 spiro atoms. The second-order valence-corrected chi connectivity index (χ2v) is 8.62. The van der Waals surface area contributed by atoms with Crippen LogP contribution in [-0.2, 0) is 10.2 Å². The maximum atomic E-state index is 10.8. The predicted octanol–water partition coefficient (Wildman–Crippen LogP) is 4.21. The fourth-order valence-electron chi connectivity index (χ4n) is 3.71. The molecule has 2 aliphatic rings. The zero-order valence-corrected chi connectivity index (χ0v) is 14.2. The number of aliphatic hydroxyl groups is 1. The van der Waals surface area contributed by atoms with E-state index in [0.717, 1.165) is 30.2 Å². The Balaban J connectivity index is 1.72. The lowest BCUT2D eigenvalue weighted by atomic mass is 9.81. The van der Waals surface area contributed by atoms with Gasteiger partial charge in [0.25, 0.3) is 0 Å². The number of thiazole rings is 1. The topological polar surface area (TPSA) is 42.4 Å². The number of rotatable bonds is 2. The first-order valence-corrected chi connectivity index (χ1v) is 9.06. The van der Waals surface area contributed by atoms with Crippen molar-refractivity contribution in [3.63, 3.8) is 0 Å². The average molecular weight is 309 g/mol. The van der Waals surface area contributed by atoms with E-state index < -0.39 is 6.10 Å². The normalized spacial score (nSPS) is 27.1. The first-order chi connectivity index (χ1) is 9.90. The first kappa shape index (κ1) is 15.4. The predicted molar refractivity (Wildman–Crippen MR) is 85.6 cm³/mol. The van der Waals surface area contributed by atoms with Crippen molar-refractivity contribution in [3.8, 4) is 0 Å². The third kappa shape index (κ3) is 3.17. The van der Waals surface area contributed by atoms with Gasteiger partial charge in [0.2, 0.25) is 0 Å². The molecule has 2 atom stereocenters. The Kier molecular flexibility index (Phi) is 4.15. The standard InChI is InChI=1S/C17H27NO2S/c1-16(2,3)15-18-13(11-21-15)14(19)12-6-9-20-17(10-12)7-4-5-8-17/h11-12,14,19H,4-10H2,1-3H3. The van der Waals surface area contributed by atoms with Crippen LogP contribution in [0.15, 0.2) is 5.38 Å². The molecule has 1 saturated heterocycles. The zero-order chi connectivity index (χ0) is 15.1. The van der Waals surface area contributed by atoms with Crippen LogP contribution in [0.4, 0.5) is 0 Å². The third-order valence-electron chi connectivity index (χ3n) is 4.96. The molecule has 21 heavy (non-hydrogen) atoms. The van der Waals surface area contributed by atoms with Gasteiger partial charge in [0.15, 0.2) is 0 Å². The summed E-state index contributed by atoms with van der Waals surface area (Å²) < 4.78 is 6.07. The Morgan fingerprint density at radius 3 is 2.71 bits per heavy atom. The molecule has 0 bridgehead atoms. The highest BCUT2D eigenvalue weighted by Gasteiger charge is 2.42. The lowest BCUT2D eigenvalue weighted by molar-refractivity contribution is -0.113. The molecule has 1 N–H and O–H groups in total. The van der Waals surface area contributed by atoms with E-state index in [2.05, 4.69) is 20.8 Å². The molecular formula is C17H27NO2S. The molecule has 0 amide bonds. The molecule has 2 heterocycles. The highest BCUT2D eigenvalue weighted by atomic mass is 32.1. The lowest BCUT2D eigenvalue weighted by Crippen LogP contribution is -2.39. The van der Waals surface area contributed by atoms with Gasteiger partial charge in [-0.15, -0.1) is 11.3 Å². The summed E-state index contributed by atoms with van der Waals surface area (Å²) in [6, 6.07) is 0. The minimum Gasteiger partial charge on any atom is -0.386 e. The van der Waals surface area contributed by atoms with Crippen LogP contribution >= 0.6 is 11.3 Å². The zero-order valence-electron chi connectivity index (χ0n) is 13.4. The number of nitrogens with zero attached hydrogens (tertiary/aromatic N) is 1. The second-order valence-electron chi connectivity index (χ2n) is 7.76. The first-order valence-electron chi connectivity index (χ1n) is 8.18. The molecule has 4 heteroatoms. The maximum absolute atomic E-state index is 10.8. The SMILES string of the molecule is CC(C)(C)c1nc(C(O)C2CCOC3(CCCC3)C2)cs1. The van der Waals surface area contributed by atoms with Crippen molar-refractivity contribution in [3.05, 3.63) is 16.1 Å². The minimum atomic E-state index is -0.432. The van der Waals surface area contributed by atoms with Crippen LogP contribution in [0.2, 0.25) is 0 Å². The molecule has 1 saturated carbocycles. The van der Waals surface area contributed by atoms with Crippen LogP contribution in [0.3, 0.4) is 0 Å². The van der Waals surface area contributed by atoms with E-state index in [0.29, 0.717) is 5.92 Å². The molecule has 3 rings (SSSR count). The second kappa shape index (κ2) is 5.64. The monoisotopic (exact) mass is 309 g/mol. The summed E-state index contributed by atoms with van der Waals surface area (Å²) in [6.07, 6.45) is 6.39. The molecule has 1 aliphatic heterocycles. The van der Waals surface area contributed by atoms with Crippen LogP contribution < -0.4 is 0 Å². The van der Waals surface area contributed by atoms with Gasteiger partial charge in [-0.3, -0.25) is 0 Å². The van der Waals surface area contributed by atoms with Gasteiger partial charge in [0, 0.05) is 17.4 Å². The quantitative estimate of drug-likeness (QED) is 0.889. The van der Waals surface area contributed by atoms with Gasteiger partial charge in [-0.1, -0.05) is 33.6 Å². The number of ether oxygens (including phenoxy) is 1. The van der Waals surface area contributed by atoms with Gasteiger partial charge in [-0.05, 0) is 31.6 Å². The van der Waals surface area contributed by atoms with E-state index in [9.17, 15) is 5.11 Å². The smallest absolute Gasteiger partial charge is 0.0998 e. The van der Waals surface area contributed by atoms with Gasteiger partial charge >= 0.3 is 0 Å². The molecule has 0 aromatic carbocycles. The highest BCUT2D eigenvalue weighted by Crippen LogP contribution is 2.45. The fourth-order valence-corrected chi connectivity index (χ4v) is 4.65. The van der Waals surface area contributed by atoms with E-state index >= 15 is 0 Å². The summed E-state index contributed by atoms with van der Waals surface area (Å²) in [4.78, 5) is 4.70. The summed E-state index contributed by atoms with van der Waals surface area (Å²) in [5, 5.41) is 13.9. The number of aromatic nitrogens is 1. The van der Waals surface area contributed by atoms with Crippen LogP contribution in [0.1, 0.15) is 76.1 Å². The van der Waals surface area contributed by atoms with Crippen LogP contribution in [0, 0.1) is 5.92 Å². The average Bonchev–Trinajstić information content (AvgIpc) is 3.07. The Morgan fingerprint density at radius 1 is 1.38 bits per heavy atom. The van der Waals surface area contributed by atoms with Crippen LogP contribution in [0.5, 0.6) is 0 Å². The van der Waals surface area contributed by atoms with E-state index in [1.807, 2.05) is 5.38 Å². The Hall–Kier alpha value is -0.450. The van der Waals surface area contributed by atoms with E-state index in [4.69, 9.17) is 9.72 Å². The summed E-state index contributed by atoms with van der Waals surface area (Å²) in [7, 11) is 0. The Labute approximate surface area is 131 Å². The van der Waals surface area contributed by atoms with E-state index in [1.54, 1.807) is 11.3 Å². The molecule has 1 aliphatic carbocycles. The molecular weight excluding hydrogens is 282 g/mol. The summed E-state index contributed by atoms with van der Waals surface area (Å²) in [5.74, 6) is 0.298. The van der Waals surface area contributed by atoms with Crippen molar-refractivity contribution in [1.29, 1.82) is 0 Å². The van der Waals surface area contributed by atoms with Crippen molar-refractivity contribution in [1.82, 2.24) is 4.98 Å². The Bertz CT molecular complexity index is 485. The van der Waals surface area contributed by atoms with E-state index in [1.165, 1.54) is 25.7 Å². The molecule has 2 fully saturated rings. The molecule has 1 aromatic heterocycles. The van der Waals surface area contributed by atoms with Crippen LogP contribution in [0.25, 0.3) is 0 Å². The summed E-state index contributed by atoms with van der Waals surface area (Å²) in [6.45, 7) is 7.30. The molecule has 0 radical (unpaired) electrons. The fraction of sp³-hybridized carbons (Fsp3) is 0.824. The Morgan fingerprint density at radius 2 is 2.10 bits per heavy atom. The van der Waals surface area contributed by atoms with Crippen LogP contribution in [-0.4, -0.2) is 22.3 Å². The summed E-state index contributed by atoms with van der Waals surface area (Å²) in [5.41, 5.74) is 0.988. The maximum Gasteiger partial charge on any atom is 0.0998 e. The molecule has 2 unspecified atom stereocenters. The van der Waals surface area contributed by atoms with Gasteiger partial charge in [0.05, 0.1) is 22.4 Å². The minimum absolute atomic E-state index is 0.0605. The van der Waals surface area contributed by atoms with Gasteiger partial charge in [-0.2, -0.15) is 0 Å². The largest absolute Gasteiger partial charge is 0.386 e. The van der Waals surface area contributed by atoms with Crippen molar-refractivity contribution in [2.75, 3.05) is 6.61 Å².